The van der Waals surface area contributed by atoms with Gasteiger partial charge in [0.15, 0.2) is 0 Å². The average Bonchev–Trinajstić information content (AvgIpc) is 2.99. The first-order valence-electron chi connectivity index (χ1n) is 13.2. The van der Waals surface area contributed by atoms with Crippen molar-refractivity contribution in [2.75, 3.05) is 17.4 Å². The van der Waals surface area contributed by atoms with Crippen LogP contribution < -0.4 is 15.5 Å². The number of benzene rings is 4. The highest BCUT2D eigenvalue weighted by molar-refractivity contribution is 6.10. The summed E-state index contributed by atoms with van der Waals surface area (Å²) in [6.45, 7) is 3.77. The highest BCUT2D eigenvalue weighted by Gasteiger charge is 2.17. The number of anilines is 2. The van der Waals surface area contributed by atoms with E-state index in [0.29, 0.717) is 39.6 Å². The Balaban J connectivity index is 1.32. The van der Waals surface area contributed by atoms with Crippen LogP contribution in [0.5, 0.6) is 11.5 Å². The predicted molar refractivity (Wildman–Crippen MR) is 157 cm³/mol. The molecule has 0 atom stereocenters. The minimum Gasteiger partial charge on any atom is -0.478 e. The summed E-state index contributed by atoms with van der Waals surface area (Å²) in [6.07, 6.45) is 0. The number of carbonyl (C=O) groups is 3. The van der Waals surface area contributed by atoms with Crippen LogP contribution in [0.15, 0.2) is 84.9 Å². The molecule has 0 aliphatic rings. The fraction of sp³-hybridized carbons (Fsp3) is 0.156. The Labute approximate surface area is 247 Å². The lowest BCUT2D eigenvalue weighted by Crippen LogP contribution is -2.16. The topological polar surface area (TPSA) is 153 Å². The highest BCUT2D eigenvalue weighted by Crippen LogP contribution is 2.25. The molecule has 0 aromatic heterocycles. The van der Waals surface area contributed by atoms with Gasteiger partial charge >= 0.3 is 11.9 Å². The molecule has 11 nitrogen and oxygen atoms in total. The minimum atomic E-state index is -1.18. The standard InChI is InChI=1S/C32H30N2O9/c1-3-40-32(38)21-5-6-22(19-42-39)23(17-21)18-41-34-25-9-13-27(14-10-25)43-26-11-7-24(8-12-26)33-30(35)29-16-20(2)4-15-28(29)31(36)37/h4-17,34,39H,3,18-19H2,1-2H3,(H,33,35)(H,36,37). The van der Waals surface area contributed by atoms with Gasteiger partial charge in [0.2, 0.25) is 0 Å². The third-order valence-electron chi connectivity index (χ3n) is 6.21. The summed E-state index contributed by atoms with van der Waals surface area (Å²) in [5.41, 5.74) is 6.37. The number of carboxylic acid groups (broad SMARTS) is 1. The second-order valence-electron chi connectivity index (χ2n) is 9.33. The lowest BCUT2D eigenvalue weighted by atomic mass is 10.0. The van der Waals surface area contributed by atoms with Crippen molar-refractivity contribution in [3.8, 4) is 11.5 Å². The van der Waals surface area contributed by atoms with Crippen LogP contribution in [0.1, 0.15) is 54.7 Å². The molecule has 0 unspecified atom stereocenters. The quantitative estimate of drug-likeness (QED) is 0.0781. The van der Waals surface area contributed by atoms with Gasteiger partial charge < -0.3 is 19.9 Å². The molecule has 222 valence electrons. The Morgan fingerprint density at radius 1 is 0.767 bits per heavy atom. The number of nitrogens with one attached hydrogen (secondary N) is 2. The second-order valence-corrected chi connectivity index (χ2v) is 9.33. The molecule has 0 bridgehead atoms. The molecule has 0 aliphatic carbocycles. The fourth-order valence-corrected chi connectivity index (χ4v) is 4.07. The van der Waals surface area contributed by atoms with Gasteiger partial charge in [-0.25, -0.2) is 14.5 Å². The van der Waals surface area contributed by atoms with E-state index < -0.39 is 17.8 Å². The Hall–Kier alpha value is -5.23. The van der Waals surface area contributed by atoms with Crippen LogP contribution >= 0.6 is 0 Å². The van der Waals surface area contributed by atoms with Gasteiger partial charge in [-0.2, -0.15) is 0 Å². The molecule has 1 amide bonds. The van der Waals surface area contributed by atoms with Crippen LogP contribution in [0.4, 0.5) is 11.4 Å². The summed E-state index contributed by atoms with van der Waals surface area (Å²) in [4.78, 5) is 46.1. The largest absolute Gasteiger partial charge is 0.478 e. The van der Waals surface area contributed by atoms with E-state index in [-0.39, 0.29) is 30.9 Å². The number of aromatic carboxylic acids is 1. The van der Waals surface area contributed by atoms with Crippen molar-refractivity contribution < 1.29 is 43.9 Å². The first kappa shape index (κ1) is 30.7. The maximum absolute atomic E-state index is 12.7. The molecule has 43 heavy (non-hydrogen) atoms. The number of carbonyl (C=O) groups excluding carboxylic acids is 2. The zero-order valence-corrected chi connectivity index (χ0v) is 23.5. The number of rotatable bonds is 13. The van der Waals surface area contributed by atoms with E-state index >= 15 is 0 Å². The van der Waals surface area contributed by atoms with Gasteiger partial charge in [-0.3, -0.25) is 20.4 Å². The first-order valence-corrected chi connectivity index (χ1v) is 13.2. The van der Waals surface area contributed by atoms with Crippen LogP contribution in [0.2, 0.25) is 0 Å². The number of hydrogen-bond donors (Lipinski definition) is 4. The number of esters is 1. The maximum atomic E-state index is 12.7. The molecule has 0 fully saturated rings. The van der Waals surface area contributed by atoms with E-state index in [9.17, 15) is 19.5 Å². The molecular formula is C32H30N2O9. The van der Waals surface area contributed by atoms with E-state index in [4.69, 9.17) is 19.6 Å². The Bertz CT molecular complexity index is 1590. The number of amides is 1. The number of carboxylic acids is 1. The predicted octanol–water partition coefficient (Wildman–Crippen LogP) is 6.45. The van der Waals surface area contributed by atoms with Crippen molar-refractivity contribution in [2.45, 2.75) is 27.1 Å². The summed E-state index contributed by atoms with van der Waals surface area (Å²) < 4.78 is 10.9. The summed E-state index contributed by atoms with van der Waals surface area (Å²) in [7, 11) is 0. The highest BCUT2D eigenvalue weighted by atomic mass is 17.1. The third kappa shape index (κ3) is 8.39. The van der Waals surface area contributed by atoms with Gasteiger partial charge in [-0.05, 0) is 97.8 Å². The summed E-state index contributed by atoms with van der Waals surface area (Å²) in [6, 6.07) is 23.1. The van der Waals surface area contributed by atoms with E-state index in [1.54, 1.807) is 86.6 Å². The lowest BCUT2D eigenvalue weighted by molar-refractivity contribution is -0.253. The van der Waals surface area contributed by atoms with Crippen molar-refractivity contribution in [2.24, 2.45) is 0 Å². The molecular weight excluding hydrogens is 556 g/mol. The molecule has 4 N–H and O–H groups in total. The lowest BCUT2D eigenvalue weighted by Gasteiger charge is -2.13. The molecule has 0 saturated heterocycles. The summed E-state index contributed by atoms with van der Waals surface area (Å²) in [5, 5.41) is 21.0. The van der Waals surface area contributed by atoms with E-state index in [0.717, 1.165) is 5.56 Å². The Morgan fingerprint density at radius 2 is 1.44 bits per heavy atom. The fourth-order valence-electron chi connectivity index (χ4n) is 4.07. The van der Waals surface area contributed by atoms with E-state index in [2.05, 4.69) is 15.7 Å². The zero-order chi connectivity index (χ0) is 30.8. The second kappa shape index (κ2) is 14.6. The van der Waals surface area contributed by atoms with Gasteiger partial charge in [0.25, 0.3) is 5.91 Å². The number of ether oxygens (including phenoxy) is 2. The summed E-state index contributed by atoms with van der Waals surface area (Å²) >= 11 is 0. The monoisotopic (exact) mass is 586 g/mol. The van der Waals surface area contributed by atoms with Crippen LogP contribution in [0.3, 0.4) is 0 Å². The molecule has 0 heterocycles. The summed E-state index contributed by atoms with van der Waals surface area (Å²) in [5.74, 6) is -1.08. The molecule has 0 radical (unpaired) electrons. The van der Waals surface area contributed by atoms with Crippen molar-refractivity contribution >= 4 is 29.2 Å². The Morgan fingerprint density at radius 3 is 2.07 bits per heavy atom. The molecule has 11 heteroatoms. The molecule has 4 aromatic rings. The van der Waals surface area contributed by atoms with Gasteiger partial charge in [-0.1, -0.05) is 17.7 Å². The van der Waals surface area contributed by atoms with Gasteiger partial charge in [-0.15, -0.1) is 0 Å². The van der Waals surface area contributed by atoms with Crippen molar-refractivity contribution in [3.05, 3.63) is 118 Å². The SMILES string of the molecule is CCOC(=O)c1ccc(COO)c(CONc2ccc(Oc3ccc(NC(=O)c4cc(C)ccc4C(=O)O)cc3)cc2)c1. The zero-order valence-electron chi connectivity index (χ0n) is 23.5. The smallest absolute Gasteiger partial charge is 0.338 e. The molecule has 4 aromatic carbocycles. The molecule has 0 spiro atoms. The molecule has 4 rings (SSSR count). The van der Waals surface area contributed by atoms with E-state index in [1.165, 1.54) is 12.1 Å². The van der Waals surface area contributed by atoms with Crippen LogP contribution in [-0.2, 0) is 27.7 Å². The van der Waals surface area contributed by atoms with Crippen molar-refractivity contribution in [3.63, 3.8) is 0 Å². The average molecular weight is 587 g/mol. The molecule has 0 saturated carbocycles. The minimum absolute atomic E-state index is 0.0699. The van der Waals surface area contributed by atoms with Gasteiger partial charge in [0.1, 0.15) is 24.7 Å². The van der Waals surface area contributed by atoms with Crippen molar-refractivity contribution in [1.82, 2.24) is 0 Å². The van der Waals surface area contributed by atoms with E-state index in [1.807, 2.05) is 0 Å². The third-order valence-corrected chi connectivity index (χ3v) is 6.21. The van der Waals surface area contributed by atoms with Crippen LogP contribution in [-0.4, -0.2) is 34.8 Å². The Kier molecular flexibility index (Phi) is 10.4. The van der Waals surface area contributed by atoms with Gasteiger partial charge in [0.05, 0.1) is 29.0 Å². The van der Waals surface area contributed by atoms with Gasteiger partial charge in [0, 0.05) is 5.69 Å². The molecule has 0 aliphatic heterocycles. The van der Waals surface area contributed by atoms with Crippen molar-refractivity contribution in [1.29, 1.82) is 0 Å². The van der Waals surface area contributed by atoms with Crippen LogP contribution in [0.25, 0.3) is 0 Å². The first-order chi connectivity index (χ1) is 20.8. The van der Waals surface area contributed by atoms with Crippen LogP contribution in [0, 0.1) is 6.92 Å². The maximum Gasteiger partial charge on any atom is 0.338 e. The normalized spacial score (nSPS) is 10.6. The number of aryl methyl sites for hydroxylation is 1. The number of hydrogen-bond acceptors (Lipinski definition) is 9.